The fourth-order valence-electron chi connectivity index (χ4n) is 4.26. The van der Waals surface area contributed by atoms with Crippen LogP contribution in [-0.4, -0.2) is 39.8 Å². The van der Waals surface area contributed by atoms with E-state index in [9.17, 15) is 13.2 Å². The van der Waals surface area contributed by atoms with E-state index in [0.29, 0.717) is 30.4 Å². The molecule has 1 aliphatic carbocycles. The number of carbonyl (C=O) groups excluding carboxylic acids is 1. The number of nitrogens with one attached hydrogen (secondary N) is 1. The van der Waals surface area contributed by atoms with E-state index in [4.69, 9.17) is 9.47 Å². The zero-order chi connectivity index (χ0) is 22.2. The van der Waals surface area contributed by atoms with Crippen LogP contribution in [0.25, 0.3) is 0 Å². The highest BCUT2D eigenvalue weighted by molar-refractivity contribution is 7.92. The Bertz CT molecular complexity index is 1100. The van der Waals surface area contributed by atoms with Gasteiger partial charge < -0.3 is 14.8 Å². The van der Waals surface area contributed by atoms with Crippen LogP contribution in [0.1, 0.15) is 43.0 Å². The first-order valence-corrected chi connectivity index (χ1v) is 12.4. The van der Waals surface area contributed by atoms with Crippen LogP contribution >= 0.6 is 0 Å². The predicted octanol–water partition coefficient (Wildman–Crippen LogP) is 2.98. The van der Waals surface area contributed by atoms with Crippen molar-refractivity contribution in [3.05, 3.63) is 53.1 Å². The van der Waals surface area contributed by atoms with E-state index >= 15 is 0 Å². The van der Waals surface area contributed by atoms with Crippen molar-refractivity contribution < 1.29 is 22.7 Å². The molecule has 2 aromatic rings. The molecule has 1 amide bonds. The normalized spacial score (nSPS) is 16.9. The Morgan fingerprint density at radius 3 is 2.45 bits per heavy atom. The van der Waals surface area contributed by atoms with Gasteiger partial charge in [-0.15, -0.1) is 0 Å². The first kappa shape index (κ1) is 21.5. The molecule has 31 heavy (non-hydrogen) atoms. The van der Waals surface area contributed by atoms with Crippen LogP contribution in [0.15, 0.2) is 36.4 Å². The highest BCUT2D eigenvalue weighted by Crippen LogP contribution is 2.35. The molecule has 7 nitrogen and oxygen atoms in total. The van der Waals surface area contributed by atoms with Crippen molar-refractivity contribution >= 4 is 21.6 Å². The Morgan fingerprint density at radius 2 is 1.71 bits per heavy atom. The van der Waals surface area contributed by atoms with Crippen LogP contribution in [0, 0.1) is 0 Å². The number of sulfonamides is 1. The SMILES string of the molecule is CC(NC(=O)C(C)N(c1ccc2c(c1)OCCO2)S(C)(=O)=O)c1ccc2c(c1)CCC2. The van der Waals surface area contributed by atoms with Crippen LogP contribution in [0.5, 0.6) is 11.5 Å². The number of benzene rings is 2. The van der Waals surface area contributed by atoms with E-state index in [1.165, 1.54) is 11.1 Å². The van der Waals surface area contributed by atoms with Gasteiger partial charge in [0.2, 0.25) is 15.9 Å². The van der Waals surface area contributed by atoms with E-state index in [1.54, 1.807) is 25.1 Å². The first-order chi connectivity index (χ1) is 14.7. The maximum absolute atomic E-state index is 13.0. The molecule has 166 valence electrons. The lowest BCUT2D eigenvalue weighted by atomic mass is 10.0. The van der Waals surface area contributed by atoms with E-state index in [-0.39, 0.29) is 11.9 Å². The molecule has 4 rings (SSSR count). The van der Waals surface area contributed by atoms with Crippen molar-refractivity contribution in [1.29, 1.82) is 0 Å². The van der Waals surface area contributed by atoms with Crippen molar-refractivity contribution in [2.75, 3.05) is 23.8 Å². The molecular weight excluding hydrogens is 416 g/mol. The Balaban J connectivity index is 1.54. The Kier molecular flexibility index (Phi) is 5.83. The first-order valence-electron chi connectivity index (χ1n) is 10.5. The summed E-state index contributed by atoms with van der Waals surface area (Å²) in [5, 5.41) is 2.97. The van der Waals surface area contributed by atoms with Gasteiger partial charge >= 0.3 is 0 Å². The van der Waals surface area contributed by atoms with E-state index in [0.717, 1.165) is 35.4 Å². The van der Waals surface area contributed by atoms with Crippen LogP contribution in [0.3, 0.4) is 0 Å². The Labute approximate surface area is 183 Å². The zero-order valence-corrected chi connectivity index (χ0v) is 18.9. The minimum atomic E-state index is -3.72. The average Bonchev–Trinajstić information content (AvgIpc) is 3.20. The quantitative estimate of drug-likeness (QED) is 0.741. The number of ether oxygens (including phenoxy) is 2. The standard InChI is InChI=1S/C23H28N2O5S/c1-15(18-8-7-17-5-4-6-19(17)13-18)24-23(26)16(2)25(31(3,27)28)20-9-10-21-22(14-20)30-12-11-29-21/h7-10,13-16H,4-6,11-12H2,1-3H3,(H,24,26). The highest BCUT2D eigenvalue weighted by atomic mass is 32.2. The topological polar surface area (TPSA) is 84.9 Å². The number of rotatable bonds is 6. The van der Waals surface area contributed by atoms with Crippen LogP contribution < -0.4 is 19.1 Å². The molecule has 0 saturated heterocycles. The van der Waals surface area contributed by atoms with Gasteiger partial charge in [0.15, 0.2) is 11.5 Å². The number of hydrogen-bond donors (Lipinski definition) is 1. The number of amides is 1. The minimum Gasteiger partial charge on any atom is -0.486 e. The summed E-state index contributed by atoms with van der Waals surface area (Å²) in [6, 6.07) is 10.0. The number of aryl methyl sites for hydroxylation is 2. The number of nitrogens with zero attached hydrogens (tertiary/aromatic N) is 1. The van der Waals surface area contributed by atoms with Crippen molar-refractivity contribution in [3.8, 4) is 11.5 Å². The van der Waals surface area contributed by atoms with E-state index in [1.807, 2.05) is 13.0 Å². The molecule has 8 heteroatoms. The summed E-state index contributed by atoms with van der Waals surface area (Å²) in [4.78, 5) is 13.0. The fourth-order valence-corrected chi connectivity index (χ4v) is 5.42. The van der Waals surface area contributed by atoms with Gasteiger partial charge in [-0.25, -0.2) is 8.42 Å². The summed E-state index contributed by atoms with van der Waals surface area (Å²) >= 11 is 0. The van der Waals surface area contributed by atoms with Crippen molar-refractivity contribution in [1.82, 2.24) is 5.32 Å². The maximum atomic E-state index is 13.0. The van der Waals surface area contributed by atoms with Gasteiger partial charge in [0.25, 0.3) is 0 Å². The highest BCUT2D eigenvalue weighted by Gasteiger charge is 2.31. The van der Waals surface area contributed by atoms with Crippen molar-refractivity contribution in [2.24, 2.45) is 0 Å². The van der Waals surface area contributed by atoms with Gasteiger partial charge in [-0.3, -0.25) is 9.10 Å². The molecule has 0 spiro atoms. The number of fused-ring (bicyclic) bond motifs is 2. The smallest absolute Gasteiger partial charge is 0.244 e. The third-order valence-electron chi connectivity index (χ3n) is 5.85. The maximum Gasteiger partial charge on any atom is 0.244 e. The Hall–Kier alpha value is -2.74. The number of carbonyl (C=O) groups is 1. The van der Waals surface area contributed by atoms with Crippen LogP contribution in [0.2, 0.25) is 0 Å². The largest absolute Gasteiger partial charge is 0.486 e. The molecule has 0 aromatic heterocycles. The molecule has 2 aliphatic rings. The summed E-state index contributed by atoms with van der Waals surface area (Å²) in [7, 11) is -3.72. The zero-order valence-electron chi connectivity index (χ0n) is 18.1. The molecular formula is C23H28N2O5S. The summed E-state index contributed by atoms with van der Waals surface area (Å²) in [5.41, 5.74) is 4.09. The molecule has 0 fully saturated rings. The van der Waals surface area contributed by atoms with Gasteiger partial charge in [0, 0.05) is 6.07 Å². The third-order valence-corrected chi connectivity index (χ3v) is 7.09. The second-order valence-electron chi connectivity index (χ2n) is 8.17. The molecule has 2 aromatic carbocycles. The molecule has 0 radical (unpaired) electrons. The Morgan fingerprint density at radius 1 is 1.00 bits per heavy atom. The molecule has 0 saturated carbocycles. The summed E-state index contributed by atoms with van der Waals surface area (Å²) in [6.07, 6.45) is 4.42. The van der Waals surface area contributed by atoms with E-state index in [2.05, 4.69) is 17.4 Å². The van der Waals surface area contributed by atoms with Crippen LogP contribution in [-0.2, 0) is 27.7 Å². The van der Waals surface area contributed by atoms with Gasteiger partial charge in [-0.2, -0.15) is 0 Å². The minimum absolute atomic E-state index is 0.234. The number of anilines is 1. The lowest BCUT2D eigenvalue weighted by Crippen LogP contribution is -2.48. The lowest BCUT2D eigenvalue weighted by molar-refractivity contribution is -0.122. The fraction of sp³-hybridized carbons (Fsp3) is 0.435. The third kappa shape index (κ3) is 4.49. The molecule has 2 atom stereocenters. The van der Waals surface area contributed by atoms with Crippen LogP contribution in [0.4, 0.5) is 5.69 Å². The average molecular weight is 445 g/mol. The molecule has 1 heterocycles. The molecule has 2 unspecified atom stereocenters. The second kappa shape index (κ2) is 8.42. The molecule has 0 bridgehead atoms. The lowest BCUT2D eigenvalue weighted by Gasteiger charge is -2.30. The summed E-state index contributed by atoms with van der Waals surface area (Å²) in [6.45, 7) is 4.34. The molecule has 1 N–H and O–H groups in total. The van der Waals surface area contributed by atoms with Gasteiger partial charge in [-0.1, -0.05) is 18.2 Å². The van der Waals surface area contributed by atoms with Crippen molar-refractivity contribution in [3.63, 3.8) is 0 Å². The van der Waals surface area contributed by atoms with Gasteiger partial charge in [-0.05, 0) is 61.9 Å². The molecule has 1 aliphatic heterocycles. The predicted molar refractivity (Wildman–Crippen MR) is 119 cm³/mol. The van der Waals surface area contributed by atoms with Gasteiger partial charge in [0.1, 0.15) is 19.3 Å². The summed E-state index contributed by atoms with van der Waals surface area (Å²) < 4.78 is 37.4. The van der Waals surface area contributed by atoms with Gasteiger partial charge in [0.05, 0.1) is 18.0 Å². The van der Waals surface area contributed by atoms with Crippen molar-refractivity contribution in [2.45, 2.75) is 45.2 Å². The second-order valence-corrected chi connectivity index (χ2v) is 10.0. The summed E-state index contributed by atoms with van der Waals surface area (Å²) in [5.74, 6) is 0.663. The number of hydrogen-bond acceptors (Lipinski definition) is 5. The monoisotopic (exact) mass is 444 g/mol. The van der Waals surface area contributed by atoms with E-state index < -0.39 is 16.1 Å².